The smallest absolute Gasteiger partial charge is 0.174 e. The number of ether oxygens (including phenoxy) is 1. The molecule has 0 aromatic heterocycles. The van der Waals surface area contributed by atoms with Crippen LogP contribution in [0.3, 0.4) is 0 Å². The first-order chi connectivity index (χ1) is 12.2. The van der Waals surface area contributed by atoms with Gasteiger partial charge in [0.2, 0.25) is 0 Å². The molecule has 0 aliphatic carbocycles. The van der Waals surface area contributed by atoms with Gasteiger partial charge in [0, 0.05) is 5.56 Å². The molecule has 4 rings (SSSR count). The molecule has 0 saturated carbocycles. The van der Waals surface area contributed by atoms with Gasteiger partial charge in [0.15, 0.2) is 5.60 Å². The summed E-state index contributed by atoms with van der Waals surface area (Å²) in [5.41, 5.74) is 7.72. The third-order valence-electron chi connectivity index (χ3n) is 4.41. The van der Waals surface area contributed by atoms with Gasteiger partial charge >= 0.3 is 0 Å². The van der Waals surface area contributed by atoms with Crippen LogP contribution < -0.4 is 10.5 Å². The molecular formula is C21H18N2O2. The van der Waals surface area contributed by atoms with E-state index in [2.05, 4.69) is 4.99 Å². The molecule has 1 aliphatic heterocycles. The summed E-state index contributed by atoms with van der Waals surface area (Å²) in [5.74, 6) is 0.843. The Morgan fingerprint density at radius 2 is 1.60 bits per heavy atom. The quantitative estimate of drug-likeness (QED) is 0.769. The highest BCUT2D eigenvalue weighted by molar-refractivity contribution is 6.00. The predicted molar refractivity (Wildman–Crippen MR) is 97.9 cm³/mol. The standard InChI is InChI=1S/C21H18N2O2/c22-20-21(24,16-9-5-2-6-10-16)18-13-17(11-12-19(18)23-20)25-14-15-7-3-1-4-8-15/h1-13,24H,14H2,(H2,22,23). The summed E-state index contributed by atoms with van der Waals surface area (Å²) in [6.45, 7) is 0.458. The monoisotopic (exact) mass is 330 g/mol. The number of hydrogen-bond donors (Lipinski definition) is 2. The van der Waals surface area contributed by atoms with Crippen LogP contribution in [0.25, 0.3) is 0 Å². The highest BCUT2D eigenvalue weighted by Crippen LogP contribution is 2.43. The maximum Gasteiger partial charge on any atom is 0.174 e. The van der Waals surface area contributed by atoms with Crippen LogP contribution in [0.1, 0.15) is 16.7 Å². The van der Waals surface area contributed by atoms with E-state index in [0.29, 0.717) is 29.2 Å². The van der Waals surface area contributed by atoms with Gasteiger partial charge in [-0.3, -0.25) is 0 Å². The van der Waals surface area contributed by atoms with Crippen molar-refractivity contribution in [3.05, 3.63) is 95.6 Å². The van der Waals surface area contributed by atoms with Crippen LogP contribution in [0, 0.1) is 0 Å². The van der Waals surface area contributed by atoms with Gasteiger partial charge in [-0.25, -0.2) is 4.99 Å². The molecule has 0 saturated heterocycles. The number of amidine groups is 1. The van der Waals surface area contributed by atoms with E-state index in [-0.39, 0.29) is 5.84 Å². The first-order valence-corrected chi connectivity index (χ1v) is 8.12. The molecule has 3 N–H and O–H groups in total. The van der Waals surface area contributed by atoms with Crippen LogP contribution in [0.2, 0.25) is 0 Å². The Bertz CT molecular complexity index is 923. The van der Waals surface area contributed by atoms with Crippen molar-refractivity contribution >= 4 is 11.5 Å². The Morgan fingerprint density at radius 1 is 0.920 bits per heavy atom. The summed E-state index contributed by atoms with van der Waals surface area (Å²) >= 11 is 0. The molecule has 1 unspecified atom stereocenters. The summed E-state index contributed by atoms with van der Waals surface area (Å²) in [7, 11) is 0. The Labute approximate surface area is 146 Å². The molecule has 3 aromatic carbocycles. The van der Waals surface area contributed by atoms with Crippen molar-refractivity contribution in [2.45, 2.75) is 12.2 Å². The lowest BCUT2D eigenvalue weighted by molar-refractivity contribution is 0.158. The molecule has 0 bridgehead atoms. The van der Waals surface area contributed by atoms with E-state index in [1.54, 1.807) is 0 Å². The topological polar surface area (TPSA) is 67.8 Å². The van der Waals surface area contributed by atoms with E-state index >= 15 is 0 Å². The number of hydrogen-bond acceptors (Lipinski definition) is 4. The van der Waals surface area contributed by atoms with Crippen molar-refractivity contribution in [1.82, 2.24) is 0 Å². The Hall–Kier alpha value is -3.11. The van der Waals surface area contributed by atoms with Crippen molar-refractivity contribution in [1.29, 1.82) is 0 Å². The SMILES string of the molecule is NC1=Nc2ccc(OCc3ccccc3)cc2C1(O)c1ccccc1. The predicted octanol–water partition coefficient (Wildman–Crippen LogP) is 3.50. The first kappa shape index (κ1) is 15.4. The summed E-state index contributed by atoms with van der Waals surface area (Å²) in [4.78, 5) is 4.33. The van der Waals surface area contributed by atoms with Gasteiger partial charge in [0.05, 0.1) is 5.69 Å². The lowest BCUT2D eigenvalue weighted by Gasteiger charge is -2.25. The van der Waals surface area contributed by atoms with Crippen molar-refractivity contribution < 1.29 is 9.84 Å². The number of fused-ring (bicyclic) bond motifs is 1. The Balaban J connectivity index is 1.67. The zero-order valence-electron chi connectivity index (χ0n) is 13.6. The van der Waals surface area contributed by atoms with Gasteiger partial charge in [0.1, 0.15) is 18.2 Å². The molecule has 4 nitrogen and oxygen atoms in total. The van der Waals surface area contributed by atoms with Gasteiger partial charge < -0.3 is 15.6 Å². The number of nitrogens with two attached hydrogens (primary N) is 1. The molecule has 0 amide bonds. The second-order valence-corrected chi connectivity index (χ2v) is 6.03. The number of benzene rings is 3. The van der Waals surface area contributed by atoms with Crippen LogP contribution in [0.5, 0.6) is 5.75 Å². The van der Waals surface area contributed by atoms with Crippen LogP contribution in [0.4, 0.5) is 5.69 Å². The third-order valence-corrected chi connectivity index (χ3v) is 4.41. The Kier molecular flexibility index (Phi) is 3.75. The maximum atomic E-state index is 11.3. The lowest BCUT2D eigenvalue weighted by Crippen LogP contribution is -2.39. The van der Waals surface area contributed by atoms with E-state index in [4.69, 9.17) is 10.5 Å². The summed E-state index contributed by atoms with van der Waals surface area (Å²) in [6.07, 6.45) is 0. The average molecular weight is 330 g/mol. The molecule has 0 spiro atoms. The first-order valence-electron chi connectivity index (χ1n) is 8.12. The van der Waals surface area contributed by atoms with Crippen molar-refractivity contribution in [3.8, 4) is 5.75 Å². The summed E-state index contributed by atoms with van der Waals surface area (Å²) in [5, 5.41) is 11.3. The molecule has 1 aliphatic rings. The van der Waals surface area contributed by atoms with Crippen LogP contribution in [-0.2, 0) is 12.2 Å². The molecule has 25 heavy (non-hydrogen) atoms. The number of rotatable bonds is 4. The fraction of sp³-hybridized carbons (Fsp3) is 0.0952. The van der Waals surface area contributed by atoms with E-state index in [1.165, 1.54) is 0 Å². The zero-order valence-corrected chi connectivity index (χ0v) is 13.6. The van der Waals surface area contributed by atoms with Crippen molar-refractivity contribution in [3.63, 3.8) is 0 Å². The molecular weight excluding hydrogens is 312 g/mol. The highest BCUT2D eigenvalue weighted by Gasteiger charge is 2.42. The van der Waals surface area contributed by atoms with E-state index in [9.17, 15) is 5.11 Å². The maximum absolute atomic E-state index is 11.3. The normalized spacial score (nSPS) is 18.5. The zero-order chi connectivity index (χ0) is 17.3. The fourth-order valence-electron chi connectivity index (χ4n) is 3.06. The van der Waals surface area contributed by atoms with Gasteiger partial charge in [-0.05, 0) is 29.3 Å². The highest BCUT2D eigenvalue weighted by atomic mass is 16.5. The minimum Gasteiger partial charge on any atom is -0.489 e. The van der Waals surface area contributed by atoms with E-state index in [0.717, 1.165) is 5.56 Å². The summed E-state index contributed by atoms with van der Waals surface area (Å²) < 4.78 is 5.88. The van der Waals surface area contributed by atoms with Gasteiger partial charge in [-0.15, -0.1) is 0 Å². The van der Waals surface area contributed by atoms with E-state index < -0.39 is 5.60 Å². The number of aliphatic hydroxyl groups is 1. The lowest BCUT2D eigenvalue weighted by atomic mass is 9.86. The second kappa shape index (κ2) is 6.07. The molecule has 124 valence electrons. The minimum absolute atomic E-state index is 0.175. The van der Waals surface area contributed by atoms with Crippen LogP contribution in [-0.4, -0.2) is 10.9 Å². The van der Waals surface area contributed by atoms with Gasteiger partial charge in [-0.2, -0.15) is 0 Å². The van der Waals surface area contributed by atoms with Crippen LogP contribution >= 0.6 is 0 Å². The van der Waals surface area contributed by atoms with Gasteiger partial charge in [-0.1, -0.05) is 60.7 Å². The molecule has 0 radical (unpaired) electrons. The minimum atomic E-state index is -1.43. The van der Waals surface area contributed by atoms with Gasteiger partial charge in [0.25, 0.3) is 0 Å². The molecule has 4 heteroatoms. The molecule has 0 fully saturated rings. The second-order valence-electron chi connectivity index (χ2n) is 6.03. The fourth-order valence-corrected chi connectivity index (χ4v) is 3.06. The average Bonchev–Trinajstić information content (AvgIpc) is 2.93. The largest absolute Gasteiger partial charge is 0.489 e. The third kappa shape index (κ3) is 2.66. The van der Waals surface area contributed by atoms with E-state index in [1.807, 2.05) is 78.9 Å². The molecule has 1 heterocycles. The van der Waals surface area contributed by atoms with Crippen molar-refractivity contribution in [2.75, 3.05) is 0 Å². The Morgan fingerprint density at radius 3 is 2.32 bits per heavy atom. The van der Waals surface area contributed by atoms with Crippen LogP contribution in [0.15, 0.2) is 83.9 Å². The number of aliphatic imine (C=N–C) groups is 1. The summed E-state index contributed by atoms with van der Waals surface area (Å²) in [6, 6.07) is 24.7. The van der Waals surface area contributed by atoms with Crippen molar-refractivity contribution in [2.24, 2.45) is 10.7 Å². The number of nitrogens with zero attached hydrogens (tertiary/aromatic N) is 1. The molecule has 3 aromatic rings. The molecule has 1 atom stereocenters.